The molecule has 0 saturated heterocycles. The van der Waals surface area contributed by atoms with Crippen LogP contribution in [0.2, 0.25) is 0 Å². The summed E-state index contributed by atoms with van der Waals surface area (Å²) in [5, 5.41) is 18.9. The van der Waals surface area contributed by atoms with Crippen molar-refractivity contribution in [2.75, 3.05) is 6.61 Å². The predicted molar refractivity (Wildman–Crippen MR) is 67.9 cm³/mol. The molecule has 8 nitrogen and oxygen atoms in total. The molecule has 8 heteroatoms. The molecule has 1 atom stereocenters. The molecule has 2 aromatic heterocycles. The van der Waals surface area contributed by atoms with Gasteiger partial charge in [0.05, 0.1) is 19.5 Å². The highest BCUT2D eigenvalue weighted by Gasteiger charge is 2.23. The molecule has 1 unspecified atom stereocenters. The summed E-state index contributed by atoms with van der Waals surface area (Å²) in [5.74, 6) is 0. The molecule has 0 aromatic carbocycles. The maximum absolute atomic E-state index is 12.1. The molecule has 19 heavy (non-hydrogen) atoms. The second-order valence-electron chi connectivity index (χ2n) is 4.91. The van der Waals surface area contributed by atoms with Crippen LogP contribution in [-0.2, 0) is 20.6 Å². The normalized spacial score (nSPS) is 14.8. The predicted octanol–water partition coefficient (Wildman–Crippen LogP) is -1.82. The molecule has 0 aliphatic heterocycles. The zero-order chi connectivity index (χ0) is 14.4. The quantitative estimate of drug-likeness (QED) is 0.682. The number of aliphatic hydroxyl groups is 2. The zero-order valence-electron chi connectivity index (χ0n) is 11.0. The van der Waals surface area contributed by atoms with Gasteiger partial charge in [-0.15, -0.1) is 0 Å². The van der Waals surface area contributed by atoms with Crippen molar-refractivity contribution in [3.05, 3.63) is 27.2 Å². The van der Waals surface area contributed by atoms with Crippen LogP contribution in [0.3, 0.4) is 0 Å². The minimum absolute atomic E-state index is 0.00738. The number of rotatable bonds is 3. The Balaban J connectivity index is 2.74. The van der Waals surface area contributed by atoms with Gasteiger partial charge < -0.3 is 14.8 Å². The SMILES string of the molecule is Cn1c(=O)c2c(ncn2CC(C)(O)CO)n(C)c1=O. The van der Waals surface area contributed by atoms with E-state index in [0.717, 1.165) is 4.57 Å². The molecule has 0 aliphatic carbocycles. The van der Waals surface area contributed by atoms with Gasteiger partial charge in [0.15, 0.2) is 11.2 Å². The van der Waals surface area contributed by atoms with E-state index < -0.39 is 23.5 Å². The topological polar surface area (TPSA) is 102 Å². The number of hydrogen-bond acceptors (Lipinski definition) is 5. The summed E-state index contributed by atoms with van der Waals surface area (Å²) in [6.07, 6.45) is 1.37. The van der Waals surface area contributed by atoms with Crippen LogP contribution in [0.5, 0.6) is 0 Å². The van der Waals surface area contributed by atoms with Gasteiger partial charge in [-0.25, -0.2) is 9.78 Å². The molecular formula is C11H16N4O4. The molecule has 0 bridgehead atoms. The van der Waals surface area contributed by atoms with Gasteiger partial charge in [-0.1, -0.05) is 0 Å². The molecular weight excluding hydrogens is 252 g/mol. The molecule has 0 spiro atoms. The van der Waals surface area contributed by atoms with E-state index in [-0.39, 0.29) is 17.7 Å². The van der Waals surface area contributed by atoms with Crippen LogP contribution in [0.25, 0.3) is 11.2 Å². The zero-order valence-corrected chi connectivity index (χ0v) is 11.0. The Kier molecular flexibility index (Phi) is 3.07. The number of fused-ring (bicyclic) bond motifs is 1. The van der Waals surface area contributed by atoms with Crippen LogP contribution in [-0.4, -0.2) is 41.1 Å². The number of imidazole rings is 1. The number of hydrogen-bond donors (Lipinski definition) is 2. The Labute approximate surface area is 108 Å². The van der Waals surface area contributed by atoms with Crippen molar-refractivity contribution >= 4 is 11.2 Å². The van der Waals surface area contributed by atoms with E-state index in [1.807, 2.05) is 0 Å². The Hall–Kier alpha value is -1.93. The van der Waals surface area contributed by atoms with Gasteiger partial charge in [0.1, 0.15) is 5.60 Å². The average Bonchev–Trinajstić information content (AvgIpc) is 2.77. The summed E-state index contributed by atoms with van der Waals surface area (Å²) in [6, 6.07) is 0. The fraction of sp³-hybridized carbons (Fsp3) is 0.545. The minimum Gasteiger partial charge on any atom is -0.393 e. The van der Waals surface area contributed by atoms with E-state index >= 15 is 0 Å². The highest BCUT2D eigenvalue weighted by Crippen LogP contribution is 2.11. The fourth-order valence-electron chi connectivity index (χ4n) is 1.93. The maximum Gasteiger partial charge on any atom is 0.332 e. The first-order valence-corrected chi connectivity index (χ1v) is 5.72. The van der Waals surface area contributed by atoms with Crippen LogP contribution in [0.1, 0.15) is 6.92 Å². The van der Waals surface area contributed by atoms with Crippen molar-refractivity contribution in [2.45, 2.75) is 19.1 Å². The van der Waals surface area contributed by atoms with Crippen LogP contribution in [0.15, 0.2) is 15.9 Å². The lowest BCUT2D eigenvalue weighted by Gasteiger charge is -2.20. The number of aromatic nitrogens is 4. The lowest BCUT2D eigenvalue weighted by atomic mass is 10.1. The summed E-state index contributed by atoms with van der Waals surface area (Å²) in [5.41, 5.74) is -1.84. The summed E-state index contributed by atoms with van der Waals surface area (Å²) < 4.78 is 3.68. The van der Waals surface area contributed by atoms with E-state index in [9.17, 15) is 14.7 Å². The molecule has 104 valence electrons. The molecule has 0 amide bonds. The lowest BCUT2D eigenvalue weighted by molar-refractivity contribution is -0.0112. The molecule has 0 saturated carbocycles. The second kappa shape index (κ2) is 4.32. The third-order valence-electron chi connectivity index (χ3n) is 3.07. The van der Waals surface area contributed by atoms with E-state index in [1.54, 1.807) is 0 Å². The molecule has 0 radical (unpaired) electrons. The summed E-state index contributed by atoms with van der Waals surface area (Å²) in [4.78, 5) is 27.9. The third kappa shape index (κ3) is 2.08. The first kappa shape index (κ1) is 13.5. The first-order chi connectivity index (χ1) is 8.78. The molecule has 2 rings (SSSR count). The Morgan fingerprint density at radius 2 is 1.95 bits per heavy atom. The van der Waals surface area contributed by atoms with Gasteiger partial charge >= 0.3 is 5.69 Å². The Morgan fingerprint density at radius 1 is 1.32 bits per heavy atom. The third-order valence-corrected chi connectivity index (χ3v) is 3.07. The first-order valence-electron chi connectivity index (χ1n) is 5.72. The number of aryl methyl sites for hydroxylation is 1. The van der Waals surface area contributed by atoms with Gasteiger partial charge in [0.2, 0.25) is 0 Å². The maximum atomic E-state index is 12.1. The van der Waals surface area contributed by atoms with Crippen molar-refractivity contribution < 1.29 is 10.2 Å². The van der Waals surface area contributed by atoms with Crippen molar-refractivity contribution in [3.63, 3.8) is 0 Å². The van der Waals surface area contributed by atoms with Gasteiger partial charge in [-0.05, 0) is 6.92 Å². The van der Waals surface area contributed by atoms with E-state index in [1.165, 1.54) is 36.5 Å². The second-order valence-corrected chi connectivity index (χ2v) is 4.91. The smallest absolute Gasteiger partial charge is 0.332 e. The number of aliphatic hydroxyl groups excluding tert-OH is 1. The van der Waals surface area contributed by atoms with Gasteiger partial charge in [0, 0.05) is 14.1 Å². The van der Waals surface area contributed by atoms with E-state index in [0.29, 0.717) is 0 Å². The van der Waals surface area contributed by atoms with E-state index in [2.05, 4.69) is 4.98 Å². The van der Waals surface area contributed by atoms with Crippen LogP contribution < -0.4 is 11.2 Å². The summed E-state index contributed by atoms with van der Waals surface area (Å²) in [7, 11) is 2.90. The molecule has 2 aromatic rings. The van der Waals surface area contributed by atoms with Crippen molar-refractivity contribution in [3.8, 4) is 0 Å². The lowest BCUT2D eigenvalue weighted by Crippen LogP contribution is -2.39. The van der Waals surface area contributed by atoms with Crippen molar-refractivity contribution in [1.29, 1.82) is 0 Å². The molecule has 2 N–H and O–H groups in total. The monoisotopic (exact) mass is 268 g/mol. The van der Waals surface area contributed by atoms with Crippen molar-refractivity contribution in [2.24, 2.45) is 14.1 Å². The van der Waals surface area contributed by atoms with Crippen LogP contribution in [0, 0.1) is 0 Å². The minimum atomic E-state index is -1.37. The molecule has 2 heterocycles. The Morgan fingerprint density at radius 3 is 2.53 bits per heavy atom. The Bertz CT molecular complexity index is 737. The molecule has 0 fully saturated rings. The van der Waals surface area contributed by atoms with Gasteiger partial charge in [-0.2, -0.15) is 0 Å². The standard InChI is InChI=1S/C11H16N4O4/c1-11(19,5-16)4-15-6-12-8-7(15)9(17)14(3)10(18)13(8)2/h6,16,19H,4-5H2,1-3H3. The summed E-state index contributed by atoms with van der Waals surface area (Å²) in [6.45, 7) is 1.01. The van der Waals surface area contributed by atoms with Crippen LogP contribution in [0.4, 0.5) is 0 Å². The number of nitrogens with zero attached hydrogens (tertiary/aromatic N) is 4. The largest absolute Gasteiger partial charge is 0.393 e. The summed E-state index contributed by atoms with van der Waals surface area (Å²) >= 11 is 0. The van der Waals surface area contributed by atoms with Crippen molar-refractivity contribution in [1.82, 2.24) is 18.7 Å². The average molecular weight is 268 g/mol. The highest BCUT2D eigenvalue weighted by molar-refractivity contribution is 5.69. The molecule has 0 aliphatic rings. The highest BCUT2D eigenvalue weighted by atomic mass is 16.3. The fourth-order valence-corrected chi connectivity index (χ4v) is 1.93. The van der Waals surface area contributed by atoms with Gasteiger partial charge in [-0.3, -0.25) is 13.9 Å². The van der Waals surface area contributed by atoms with Gasteiger partial charge in [0.25, 0.3) is 5.56 Å². The van der Waals surface area contributed by atoms with E-state index in [4.69, 9.17) is 5.11 Å². The van der Waals surface area contributed by atoms with Crippen LogP contribution >= 0.6 is 0 Å².